The molecule has 0 saturated heterocycles. The first kappa shape index (κ1) is 27.8. The Morgan fingerprint density at radius 2 is 1.91 bits per heavy atom. The van der Waals surface area contributed by atoms with E-state index in [4.69, 9.17) is 15.6 Å². The van der Waals surface area contributed by atoms with Gasteiger partial charge in [-0.05, 0) is 61.4 Å². The summed E-state index contributed by atoms with van der Waals surface area (Å²) >= 11 is 1.14. The summed E-state index contributed by atoms with van der Waals surface area (Å²) in [5.41, 5.74) is 5.80. The Bertz CT molecular complexity index is 967. The third-order valence-corrected chi connectivity index (χ3v) is 5.55. The number of hydrogen-bond donors (Lipinski definition) is 2. The molecule has 1 atom stereocenters. The summed E-state index contributed by atoms with van der Waals surface area (Å²) in [5, 5.41) is 16.8. The fourth-order valence-electron chi connectivity index (χ4n) is 3.10. The molecular weight excluding hydrogens is 470 g/mol. The van der Waals surface area contributed by atoms with Gasteiger partial charge in [-0.25, -0.2) is 4.39 Å². The number of hydrogen-bond acceptors (Lipinski definition) is 6. The van der Waals surface area contributed by atoms with Gasteiger partial charge in [-0.1, -0.05) is 25.0 Å². The van der Waals surface area contributed by atoms with Gasteiger partial charge < -0.3 is 15.6 Å². The highest BCUT2D eigenvalue weighted by Crippen LogP contribution is 2.37. The number of thioether (sulfide) groups is 1. The molecule has 3 N–H and O–H groups in total. The second-order valence-electron chi connectivity index (χ2n) is 7.57. The van der Waals surface area contributed by atoms with Gasteiger partial charge in [-0.3, -0.25) is 0 Å². The number of alkyl halides is 3. The van der Waals surface area contributed by atoms with E-state index in [1.165, 1.54) is 30.5 Å². The molecule has 0 spiro atoms. The number of ether oxygens (including phenoxy) is 1. The maximum absolute atomic E-state index is 13.6. The summed E-state index contributed by atoms with van der Waals surface area (Å²) in [7, 11) is 0. The Hall–Kier alpha value is -2.43. The molecule has 1 unspecified atom stereocenters. The minimum atomic E-state index is -4.59. The van der Waals surface area contributed by atoms with Crippen molar-refractivity contribution in [1.29, 1.82) is 0 Å². The van der Waals surface area contributed by atoms with Gasteiger partial charge in [0, 0.05) is 11.8 Å². The minimum absolute atomic E-state index is 0.162. The van der Waals surface area contributed by atoms with Crippen LogP contribution in [0.5, 0.6) is 5.75 Å². The van der Waals surface area contributed by atoms with Crippen LogP contribution >= 0.6 is 11.8 Å². The number of rotatable bonds is 12. The Kier molecular flexibility index (Phi) is 11.5. The van der Waals surface area contributed by atoms with Crippen LogP contribution in [0.15, 0.2) is 52.7 Å². The molecule has 10 heteroatoms. The van der Waals surface area contributed by atoms with Crippen molar-refractivity contribution in [3.63, 3.8) is 0 Å². The molecule has 34 heavy (non-hydrogen) atoms. The van der Waals surface area contributed by atoms with Crippen LogP contribution in [0.4, 0.5) is 17.6 Å². The van der Waals surface area contributed by atoms with Crippen LogP contribution in [0, 0.1) is 5.82 Å². The number of benzene rings is 2. The van der Waals surface area contributed by atoms with Crippen LogP contribution in [0.3, 0.4) is 0 Å². The predicted molar refractivity (Wildman–Crippen MR) is 129 cm³/mol. The normalized spacial score (nSPS) is 13.4. The summed E-state index contributed by atoms with van der Waals surface area (Å²) in [6.07, 6.45) is 2.21. The van der Waals surface area contributed by atoms with Gasteiger partial charge in [0.1, 0.15) is 16.6 Å². The summed E-state index contributed by atoms with van der Waals surface area (Å²) in [6, 6.07) is 9.54. The number of unbranched alkanes of at least 4 members (excludes halogenated alkanes) is 3. The molecule has 0 fully saturated rings. The van der Waals surface area contributed by atoms with Gasteiger partial charge in [0.2, 0.25) is 0 Å². The van der Waals surface area contributed by atoms with Gasteiger partial charge in [-0.15, -0.1) is 16.9 Å². The van der Waals surface area contributed by atoms with E-state index in [1.807, 2.05) is 6.07 Å². The molecule has 2 aromatic rings. The standard InChI is InChI=1S/C24H29F4N3O2S/c1-34-23(31-30-15-20(29)16-32)18-10-11-22(21(14-18)24(26,27)28)33-12-5-3-2-4-7-17-8-6-9-19(25)13-17/h6,8-11,13-15,20,32H,2-5,7,12,16,29H2,1H3/b30-15+,31-23-. The molecule has 0 aliphatic heterocycles. The maximum Gasteiger partial charge on any atom is 0.419 e. The lowest BCUT2D eigenvalue weighted by Gasteiger charge is -2.15. The molecular formula is C24H29F4N3O2S. The number of nitrogens with two attached hydrogens (primary N) is 1. The van der Waals surface area contributed by atoms with E-state index in [2.05, 4.69) is 10.2 Å². The fourth-order valence-corrected chi connectivity index (χ4v) is 3.60. The van der Waals surface area contributed by atoms with Gasteiger partial charge >= 0.3 is 6.18 Å². The second-order valence-corrected chi connectivity index (χ2v) is 8.37. The van der Waals surface area contributed by atoms with Crippen molar-refractivity contribution in [1.82, 2.24) is 0 Å². The van der Waals surface area contributed by atoms with Gasteiger partial charge in [0.05, 0.1) is 24.8 Å². The molecule has 2 rings (SSSR count). The largest absolute Gasteiger partial charge is 0.493 e. The van der Waals surface area contributed by atoms with Crippen LogP contribution in [-0.2, 0) is 12.6 Å². The topological polar surface area (TPSA) is 80.2 Å². The number of nitrogens with zero attached hydrogens (tertiary/aromatic N) is 2. The first-order valence-electron chi connectivity index (χ1n) is 10.8. The smallest absolute Gasteiger partial charge is 0.419 e. The first-order chi connectivity index (χ1) is 16.2. The molecule has 0 heterocycles. The zero-order chi connectivity index (χ0) is 25.0. The molecule has 0 bridgehead atoms. The molecule has 0 radical (unpaired) electrons. The Labute approximate surface area is 201 Å². The quantitative estimate of drug-likeness (QED) is 0.134. The van der Waals surface area contributed by atoms with Gasteiger partial charge in [-0.2, -0.15) is 18.3 Å². The Balaban J connectivity index is 1.93. The Morgan fingerprint density at radius 1 is 1.15 bits per heavy atom. The monoisotopic (exact) mass is 499 g/mol. The second kappa shape index (κ2) is 14.1. The summed E-state index contributed by atoms with van der Waals surface area (Å²) in [5.74, 6) is -0.491. The summed E-state index contributed by atoms with van der Waals surface area (Å²) < 4.78 is 59.5. The van der Waals surface area contributed by atoms with E-state index in [0.29, 0.717) is 6.42 Å². The van der Waals surface area contributed by atoms with E-state index in [1.54, 1.807) is 12.3 Å². The molecule has 2 aromatic carbocycles. The van der Waals surface area contributed by atoms with Crippen molar-refractivity contribution >= 4 is 23.0 Å². The average molecular weight is 500 g/mol. The summed E-state index contributed by atoms with van der Waals surface area (Å²) in [6.45, 7) is -0.153. The lowest BCUT2D eigenvalue weighted by atomic mass is 10.1. The zero-order valence-electron chi connectivity index (χ0n) is 18.9. The van der Waals surface area contributed by atoms with Crippen molar-refractivity contribution < 1.29 is 27.4 Å². The third-order valence-electron chi connectivity index (χ3n) is 4.85. The number of aliphatic hydroxyl groups is 1. The number of aryl methyl sites for hydroxylation is 1. The fraction of sp³-hybridized carbons (Fsp3) is 0.417. The van der Waals surface area contributed by atoms with E-state index < -0.39 is 17.8 Å². The molecule has 0 saturated carbocycles. The van der Waals surface area contributed by atoms with Crippen molar-refractivity contribution in [3.05, 3.63) is 65.0 Å². The van der Waals surface area contributed by atoms with E-state index in [-0.39, 0.29) is 35.4 Å². The van der Waals surface area contributed by atoms with E-state index >= 15 is 0 Å². The molecule has 0 aliphatic carbocycles. The maximum atomic E-state index is 13.6. The minimum Gasteiger partial charge on any atom is -0.493 e. The number of aliphatic hydroxyl groups excluding tert-OH is 1. The number of halogens is 4. The summed E-state index contributed by atoms with van der Waals surface area (Å²) in [4.78, 5) is 0. The SMILES string of the molecule is CS/C(=N\N=C\C(N)CO)c1ccc(OCCCCCCc2cccc(F)c2)c(C(F)(F)F)c1. The molecule has 0 aliphatic rings. The van der Waals surface area contributed by atoms with Crippen molar-refractivity contribution in [2.45, 2.75) is 44.3 Å². The molecule has 0 amide bonds. The molecule has 0 aromatic heterocycles. The van der Waals surface area contributed by atoms with Crippen LogP contribution in [-0.4, -0.2) is 41.9 Å². The molecule has 186 valence electrons. The third kappa shape index (κ3) is 9.44. The van der Waals surface area contributed by atoms with E-state index in [9.17, 15) is 17.6 Å². The Morgan fingerprint density at radius 3 is 2.59 bits per heavy atom. The van der Waals surface area contributed by atoms with Gasteiger partial charge in [0.15, 0.2) is 0 Å². The van der Waals surface area contributed by atoms with E-state index in [0.717, 1.165) is 49.1 Å². The van der Waals surface area contributed by atoms with Crippen molar-refractivity contribution in [2.24, 2.45) is 15.9 Å². The van der Waals surface area contributed by atoms with Crippen LogP contribution < -0.4 is 10.5 Å². The molecule has 5 nitrogen and oxygen atoms in total. The lowest BCUT2D eigenvalue weighted by Crippen LogP contribution is -2.25. The predicted octanol–water partition coefficient (Wildman–Crippen LogP) is 5.44. The highest BCUT2D eigenvalue weighted by atomic mass is 32.2. The van der Waals surface area contributed by atoms with Crippen LogP contribution in [0.25, 0.3) is 0 Å². The first-order valence-corrected chi connectivity index (χ1v) is 12.1. The lowest BCUT2D eigenvalue weighted by molar-refractivity contribution is -0.139. The highest BCUT2D eigenvalue weighted by molar-refractivity contribution is 8.13. The highest BCUT2D eigenvalue weighted by Gasteiger charge is 2.35. The zero-order valence-corrected chi connectivity index (χ0v) is 19.7. The van der Waals surface area contributed by atoms with Gasteiger partial charge in [0.25, 0.3) is 0 Å². The van der Waals surface area contributed by atoms with Crippen LogP contribution in [0.2, 0.25) is 0 Å². The average Bonchev–Trinajstić information content (AvgIpc) is 2.80. The van der Waals surface area contributed by atoms with Crippen LogP contribution in [0.1, 0.15) is 42.4 Å². The van der Waals surface area contributed by atoms with Crippen molar-refractivity contribution in [2.75, 3.05) is 19.5 Å². The van der Waals surface area contributed by atoms with Crippen molar-refractivity contribution in [3.8, 4) is 5.75 Å².